The average molecular weight is 273 g/mol. The summed E-state index contributed by atoms with van der Waals surface area (Å²) in [5.41, 5.74) is 0. The third-order valence-corrected chi connectivity index (χ3v) is 2.58. The van der Waals surface area contributed by atoms with E-state index in [0.717, 1.165) is 18.6 Å². The van der Waals surface area contributed by atoms with Crippen molar-refractivity contribution in [2.75, 3.05) is 0 Å². The molecule has 3 amide bonds. The molecule has 2 N–H and O–H groups in total. The number of carbonyl (C=O) groups is 2. The molecule has 0 aliphatic rings. The van der Waals surface area contributed by atoms with Gasteiger partial charge in [0.1, 0.15) is 11.1 Å². The summed E-state index contributed by atoms with van der Waals surface area (Å²) in [7, 11) is 0. The van der Waals surface area contributed by atoms with Crippen LogP contribution < -0.4 is 10.6 Å². The van der Waals surface area contributed by atoms with Gasteiger partial charge in [-0.1, -0.05) is 0 Å². The Labute approximate surface area is 111 Å². The van der Waals surface area contributed by atoms with Crippen LogP contribution in [0.15, 0.2) is 22.8 Å². The van der Waals surface area contributed by atoms with Crippen molar-refractivity contribution in [3.05, 3.63) is 24.2 Å². The van der Waals surface area contributed by atoms with E-state index in [4.69, 9.17) is 16.0 Å². The number of alkyl halides is 1. The Bertz CT molecular complexity index is 390. The molecule has 0 aliphatic heterocycles. The summed E-state index contributed by atoms with van der Waals surface area (Å²) in [4.78, 5) is 22.6. The minimum atomic E-state index is -0.728. The minimum absolute atomic E-state index is 0.0615. The monoisotopic (exact) mass is 272 g/mol. The Balaban J connectivity index is 2.25. The maximum absolute atomic E-state index is 11.4. The lowest BCUT2D eigenvalue weighted by atomic mass is 10.1. The van der Waals surface area contributed by atoms with Gasteiger partial charge in [-0.2, -0.15) is 0 Å². The highest BCUT2D eigenvalue weighted by molar-refractivity contribution is 6.31. The largest absolute Gasteiger partial charge is 0.469 e. The Morgan fingerprint density at radius 1 is 1.44 bits per heavy atom. The molecule has 0 fully saturated rings. The molecule has 1 aromatic rings. The SMILES string of the molecule is CC(CCc1ccco1)NC(=O)NC(=O)C(C)Cl. The molecule has 2 atom stereocenters. The molecule has 1 aromatic heterocycles. The minimum Gasteiger partial charge on any atom is -0.469 e. The van der Waals surface area contributed by atoms with Crippen LogP contribution in [0.25, 0.3) is 0 Å². The Kier molecular flexibility index (Phi) is 5.71. The fraction of sp³-hybridized carbons (Fsp3) is 0.500. The number of furan rings is 1. The number of halogens is 1. The summed E-state index contributed by atoms with van der Waals surface area (Å²) >= 11 is 5.53. The van der Waals surface area contributed by atoms with E-state index in [1.54, 1.807) is 6.26 Å². The van der Waals surface area contributed by atoms with Crippen molar-refractivity contribution in [2.45, 2.75) is 38.1 Å². The molecule has 0 saturated carbocycles. The lowest BCUT2D eigenvalue weighted by Gasteiger charge is -2.13. The van der Waals surface area contributed by atoms with E-state index in [-0.39, 0.29) is 6.04 Å². The zero-order valence-electron chi connectivity index (χ0n) is 10.4. The number of aryl methyl sites for hydroxylation is 1. The molecule has 0 bridgehead atoms. The molecule has 1 rings (SSSR count). The first kappa shape index (κ1) is 14.6. The van der Waals surface area contributed by atoms with Gasteiger partial charge in [-0.15, -0.1) is 11.6 Å². The predicted molar refractivity (Wildman–Crippen MR) is 68.5 cm³/mol. The molecule has 0 radical (unpaired) electrons. The van der Waals surface area contributed by atoms with Crippen LogP contribution in [0.4, 0.5) is 4.79 Å². The van der Waals surface area contributed by atoms with E-state index in [1.165, 1.54) is 6.92 Å². The van der Waals surface area contributed by atoms with Crippen molar-refractivity contribution in [3.63, 3.8) is 0 Å². The van der Waals surface area contributed by atoms with Crippen molar-refractivity contribution in [2.24, 2.45) is 0 Å². The molecule has 0 spiro atoms. The van der Waals surface area contributed by atoms with E-state index in [0.29, 0.717) is 0 Å². The third kappa shape index (κ3) is 5.23. The van der Waals surface area contributed by atoms with Crippen LogP contribution in [0.3, 0.4) is 0 Å². The number of rotatable bonds is 5. The highest BCUT2D eigenvalue weighted by Gasteiger charge is 2.14. The molecular formula is C12H17ClN2O3. The first-order valence-electron chi connectivity index (χ1n) is 5.77. The van der Waals surface area contributed by atoms with Gasteiger partial charge in [0.05, 0.1) is 6.26 Å². The van der Waals surface area contributed by atoms with Gasteiger partial charge in [0.25, 0.3) is 0 Å². The molecule has 5 nitrogen and oxygen atoms in total. The Morgan fingerprint density at radius 2 is 2.17 bits per heavy atom. The maximum atomic E-state index is 11.4. The molecule has 100 valence electrons. The summed E-state index contributed by atoms with van der Waals surface area (Å²) in [6.07, 6.45) is 3.07. The first-order valence-corrected chi connectivity index (χ1v) is 6.20. The quantitative estimate of drug-likeness (QED) is 0.806. The number of amides is 3. The number of carbonyl (C=O) groups excluding carboxylic acids is 2. The van der Waals surface area contributed by atoms with E-state index >= 15 is 0 Å². The van der Waals surface area contributed by atoms with Crippen LogP contribution in [-0.2, 0) is 11.2 Å². The topological polar surface area (TPSA) is 71.3 Å². The van der Waals surface area contributed by atoms with Crippen molar-refractivity contribution < 1.29 is 14.0 Å². The van der Waals surface area contributed by atoms with Gasteiger partial charge in [-0.25, -0.2) is 4.79 Å². The lowest BCUT2D eigenvalue weighted by molar-refractivity contribution is -0.119. The standard InChI is InChI=1S/C12H17ClN2O3/c1-8(5-6-10-4-3-7-18-10)14-12(17)15-11(16)9(2)13/h3-4,7-9H,5-6H2,1-2H3,(H2,14,15,16,17). The molecule has 0 aromatic carbocycles. The van der Waals surface area contributed by atoms with Gasteiger partial charge in [0, 0.05) is 12.5 Å². The summed E-state index contributed by atoms with van der Waals surface area (Å²) < 4.78 is 5.18. The molecule has 2 unspecified atom stereocenters. The average Bonchev–Trinajstić information content (AvgIpc) is 2.78. The fourth-order valence-electron chi connectivity index (χ4n) is 1.36. The number of nitrogens with one attached hydrogen (secondary N) is 2. The van der Waals surface area contributed by atoms with Gasteiger partial charge in [-0.3, -0.25) is 10.1 Å². The fourth-order valence-corrected chi connectivity index (χ4v) is 1.41. The maximum Gasteiger partial charge on any atom is 0.321 e. The summed E-state index contributed by atoms with van der Waals surface area (Å²) in [5.74, 6) is 0.363. The van der Waals surface area contributed by atoms with Crippen molar-refractivity contribution in [1.29, 1.82) is 0 Å². The van der Waals surface area contributed by atoms with Crippen LogP contribution in [0.5, 0.6) is 0 Å². The number of hydrogen-bond donors (Lipinski definition) is 2. The van der Waals surface area contributed by atoms with Gasteiger partial charge in [0.15, 0.2) is 0 Å². The summed E-state index contributed by atoms with van der Waals surface area (Å²) in [5, 5.41) is 4.09. The Morgan fingerprint density at radius 3 is 2.72 bits per heavy atom. The number of imide groups is 1. The second-order valence-electron chi connectivity index (χ2n) is 4.10. The van der Waals surface area contributed by atoms with Crippen LogP contribution >= 0.6 is 11.6 Å². The smallest absolute Gasteiger partial charge is 0.321 e. The molecule has 1 heterocycles. The van der Waals surface area contributed by atoms with Crippen molar-refractivity contribution in [3.8, 4) is 0 Å². The van der Waals surface area contributed by atoms with Crippen LogP contribution in [0.2, 0.25) is 0 Å². The van der Waals surface area contributed by atoms with Gasteiger partial charge in [0.2, 0.25) is 5.91 Å². The lowest BCUT2D eigenvalue weighted by Crippen LogP contribution is -2.45. The molecular weight excluding hydrogens is 256 g/mol. The summed E-state index contributed by atoms with van der Waals surface area (Å²) in [6, 6.07) is 3.11. The zero-order valence-corrected chi connectivity index (χ0v) is 11.2. The van der Waals surface area contributed by atoms with Crippen LogP contribution in [0, 0.1) is 0 Å². The number of hydrogen-bond acceptors (Lipinski definition) is 3. The van der Waals surface area contributed by atoms with Gasteiger partial charge in [-0.05, 0) is 32.4 Å². The van der Waals surface area contributed by atoms with E-state index in [1.807, 2.05) is 19.1 Å². The highest BCUT2D eigenvalue weighted by Crippen LogP contribution is 2.05. The zero-order chi connectivity index (χ0) is 13.5. The van der Waals surface area contributed by atoms with Crippen molar-refractivity contribution >= 4 is 23.5 Å². The van der Waals surface area contributed by atoms with E-state index in [2.05, 4.69) is 10.6 Å². The summed E-state index contributed by atoms with van der Waals surface area (Å²) in [6.45, 7) is 3.36. The second kappa shape index (κ2) is 7.06. The molecule has 18 heavy (non-hydrogen) atoms. The second-order valence-corrected chi connectivity index (χ2v) is 4.75. The normalized spacial score (nSPS) is 13.7. The number of urea groups is 1. The van der Waals surface area contributed by atoms with Crippen LogP contribution in [-0.4, -0.2) is 23.4 Å². The molecule has 6 heteroatoms. The molecule has 0 saturated heterocycles. The van der Waals surface area contributed by atoms with E-state index < -0.39 is 17.3 Å². The Hall–Kier alpha value is -1.49. The van der Waals surface area contributed by atoms with Gasteiger partial charge >= 0.3 is 6.03 Å². The third-order valence-electron chi connectivity index (χ3n) is 2.38. The van der Waals surface area contributed by atoms with Crippen LogP contribution in [0.1, 0.15) is 26.0 Å². The van der Waals surface area contributed by atoms with E-state index in [9.17, 15) is 9.59 Å². The van der Waals surface area contributed by atoms with Gasteiger partial charge < -0.3 is 9.73 Å². The molecule has 0 aliphatic carbocycles. The first-order chi connectivity index (χ1) is 8.49. The predicted octanol–water partition coefficient (Wildman–Crippen LogP) is 2.05. The van der Waals surface area contributed by atoms with Crippen molar-refractivity contribution in [1.82, 2.24) is 10.6 Å². The highest BCUT2D eigenvalue weighted by atomic mass is 35.5.